The number of fused-ring (bicyclic) bond motifs is 1. The molecule has 1 aromatic carbocycles. The van der Waals surface area contributed by atoms with E-state index in [-0.39, 0.29) is 0 Å². The van der Waals surface area contributed by atoms with Crippen LogP contribution in [0.3, 0.4) is 0 Å². The molecule has 17 heavy (non-hydrogen) atoms. The molecular weight excluding hydrogens is 212 g/mol. The molecule has 2 rings (SSSR count). The van der Waals surface area contributed by atoms with Crippen LogP contribution in [0.1, 0.15) is 12.5 Å². The number of rotatable bonds is 6. The number of ether oxygens (including phenoxy) is 1. The third kappa shape index (κ3) is 2.68. The maximum absolute atomic E-state index is 5.13. The summed E-state index contributed by atoms with van der Waals surface area (Å²) >= 11 is 0. The lowest BCUT2D eigenvalue weighted by Crippen LogP contribution is -2.11. The van der Waals surface area contributed by atoms with Crippen LogP contribution in [0.4, 0.5) is 0 Å². The van der Waals surface area contributed by atoms with Crippen molar-refractivity contribution in [2.75, 3.05) is 20.3 Å². The molecule has 0 saturated heterocycles. The quantitative estimate of drug-likeness (QED) is 0.827. The first-order valence-corrected chi connectivity index (χ1v) is 6.13. The van der Waals surface area contributed by atoms with Gasteiger partial charge in [-0.2, -0.15) is 0 Å². The molecular formula is C14H20N2O. The second kappa shape index (κ2) is 5.84. The van der Waals surface area contributed by atoms with Gasteiger partial charge in [-0.1, -0.05) is 19.1 Å². The van der Waals surface area contributed by atoms with Crippen LogP contribution in [0, 0.1) is 0 Å². The van der Waals surface area contributed by atoms with Gasteiger partial charge in [-0.05, 0) is 24.2 Å². The van der Waals surface area contributed by atoms with Crippen molar-refractivity contribution in [1.82, 2.24) is 9.88 Å². The normalized spacial score (nSPS) is 11.2. The largest absolute Gasteiger partial charge is 0.383 e. The van der Waals surface area contributed by atoms with Gasteiger partial charge in [0.2, 0.25) is 0 Å². The monoisotopic (exact) mass is 232 g/mol. The first-order chi connectivity index (χ1) is 8.36. The molecule has 1 aromatic heterocycles. The Morgan fingerprint density at radius 1 is 1.29 bits per heavy atom. The summed E-state index contributed by atoms with van der Waals surface area (Å²) in [6.07, 6.45) is 2.14. The number of hydrogen-bond acceptors (Lipinski definition) is 2. The summed E-state index contributed by atoms with van der Waals surface area (Å²) in [4.78, 5) is 0. The Bertz CT molecular complexity index is 476. The van der Waals surface area contributed by atoms with Crippen molar-refractivity contribution in [2.45, 2.75) is 20.0 Å². The molecule has 0 aliphatic carbocycles. The molecule has 0 atom stereocenters. The summed E-state index contributed by atoms with van der Waals surface area (Å²) in [6, 6.07) is 8.67. The Hall–Kier alpha value is -1.32. The average molecular weight is 232 g/mol. The van der Waals surface area contributed by atoms with Crippen LogP contribution in [0.2, 0.25) is 0 Å². The Morgan fingerprint density at radius 2 is 2.18 bits per heavy atom. The second-order valence-electron chi connectivity index (χ2n) is 4.13. The van der Waals surface area contributed by atoms with Crippen molar-refractivity contribution in [3.8, 4) is 0 Å². The van der Waals surface area contributed by atoms with Crippen LogP contribution in [-0.2, 0) is 17.8 Å². The Kier molecular flexibility index (Phi) is 4.18. The van der Waals surface area contributed by atoms with Crippen LogP contribution < -0.4 is 5.32 Å². The van der Waals surface area contributed by atoms with Crippen LogP contribution >= 0.6 is 0 Å². The second-order valence-corrected chi connectivity index (χ2v) is 4.13. The minimum Gasteiger partial charge on any atom is -0.383 e. The van der Waals surface area contributed by atoms with E-state index in [1.54, 1.807) is 7.11 Å². The van der Waals surface area contributed by atoms with Gasteiger partial charge in [0.25, 0.3) is 0 Å². The fourth-order valence-electron chi connectivity index (χ4n) is 2.09. The van der Waals surface area contributed by atoms with Gasteiger partial charge in [0.15, 0.2) is 0 Å². The van der Waals surface area contributed by atoms with E-state index in [9.17, 15) is 0 Å². The summed E-state index contributed by atoms with van der Waals surface area (Å²) in [5.41, 5.74) is 2.65. The molecule has 0 bridgehead atoms. The predicted molar refractivity (Wildman–Crippen MR) is 71.2 cm³/mol. The molecule has 3 heteroatoms. The van der Waals surface area contributed by atoms with E-state index in [4.69, 9.17) is 4.74 Å². The van der Waals surface area contributed by atoms with Crippen LogP contribution in [-0.4, -0.2) is 24.8 Å². The van der Waals surface area contributed by atoms with Crippen molar-refractivity contribution < 1.29 is 4.74 Å². The zero-order valence-electron chi connectivity index (χ0n) is 10.6. The molecule has 0 aliphatic rings. The first-order valence-electron chi connectivity index (χ1n) is 6.13. The fourth-order valence-corrected chi connectivity index (χ4v) is 2.09. The smallest absolute Gasteiger partial charge is 0.0641 e. The van der Waals surface area contributed by atoms with E-state index in [0.29, 0.717) is 0 Å². The SMILES string of the molecule is CCNCc1cccc2c1ccn2CCOC. The number of aromatic nitrogens is 1. The predicted octanol–water partition coefficient (Wildman–Crippen LogP) is 2.40. The molecule has 0 saturated carbocycles. The molecule has 0 aliphatic heterocycles. The number of methoxy groups -OCH3 is 1. The molecule has 0 fully saturated rings. The maximum Gasteiger partial charge on any atom is 0.0641 e. The standard InChI is InChI=1S/C14H20N2O/c1-3-15-11-12-5-4-6-14-13(12)7-8-16(14)9-10-17-2/h4-8,15H,3,9-11H2,1-2H3. The maximum atomic E-state index is 5.13. The highest BCUT2D eigenvalue weighted by Crippen LogP contribution is 2.20. The number of nitrogens with one attached hydrogen (secondary N) is 1. The van der Waals surface area contributed by atoms with E-state index in [1.807, 2.05) is 0 Å². The molecule has 0 radical (unpaired) electrons. The van der Waals surface area contributed by atoms with Gasteiger partial charge in [-0.15, -0.1) is 0 Å². The van der Waals surface area contributed by atoms with E-state index in [0.717, 1.165) is 26.2 Å². The molecule has 1 heterocycles. The van der Waals surface area contributed by atoms with E-state index in [2.05, 4.69) is 47.3 Å². The number of nitrogens with zero attached hydrogens (tertiary/aromatic N) is 1. The van der Waals surface area contributed by atoms with Crippen molar-refractivity contribution in [3.05, 3.63) is 36.0 Å². The zero-order valence-corrected chi connectivity index (χ0v) is 10.6. The summed E-state index contributed by atoms with van der Waals surface area (Å²) in [7, 11) is 1.74. The fraction of sp³-hybridized carbons (Fsp3) is 0.429. The van der Waals surface area contributed by atoms with Gasteiger partial charge >= 0.3 is 0 Å². The van der Waals surface area contributed by atoms with Crippen LogP contribution in [0.15, 0.2) is 30.5 Å². The van der Waals surface area contributed by atoms with Crippen molar-refractivity contribution in [2.24, 2.45) is 0 Å². The van der Waals surface area contributed by atoms with Crippen molar-refractivity contribution >= 4 is 10.9 Å². The molecule has 2 aromatic rings. The van der Waals surface area contributed by atoms with E-state index in [1.165, 1.54) is 16.5 Å². The third-order valence-corrected chi connectivity index (χ3v) is 3.01. The van der Waals surface area contributed by atoms with Gasteiger partial charge < -0.3 is 14.6 Å². The highest BCUT2D eigenvalue weighted by atomic mass is 16.5. The first kappa shape index (κ1) is 12.1. The molecule has 0 unspecified atom stereocenters. The molecule has 92 valence electrons. The van der Waals surface area contributed by atoms with Gasteiger partial charge in [-0.3, -0.25) is 0 Å². The number of benzene rings is 1. The van der Waals surface area contributed by atoms with Gasteiger partial charge in [-0.25, -0.2) is 0 Å². The summed E-state index contributed by atoms with van der Waals surface area (Å²) < 4.78 is 7.37. The Morgan fingerprint density at radius 3 is 2.94 bits per heavy atom. The summed E-state index contributed by atoms with van der Waals surface area (Å²) in [6.45, 7) is 5.72. The minimum atomic E-state index is 0.751. The summed E-state index contributed by atoms with van der Waals surface area (Å²) in [5, 5.41) is 4.71. The molecule has 0 amide bonds. The lowest BCUT2D eigenvalue weighted by Gasteiger charge is -2.07. The number of hydrogen-bond donors (Lipinski definition) is 1. The summed E-state index contributed by atoms with van der Waals surface area (Å²) in [5.74, 6) is 0. The average Bonchev–Trinajstić information content (AvgIpc) is 2.77. The van der Waals surface area contributed by atoms with Crippen molar-refractivity contribution in [3.63, 3.8) is 0 Å². The van der Waals surface area contributed by atoms with Gasteiger partial charge in [0.1, 0.15) is 0 Å². The topological polar surface area (TPSA) is 26.2 Å². The highest BCUT2D eigenvalue weighted by Gasteiger charge is 2.04. The third-order valence-electron chi connectivity index (χ3n) is 3.01. The van der Waals surface area contributed by atoms with Crippen molar-refractivity contribution in [1.29, 1.82) is 0 Å². The molecule has 1 N–H and O–H groups in total. The molecule has 3 nitrogen and oxygen atoms in total. The Balaban J connectivity index is 2.28. The zero-order chi connectivity index (χ0) is 12.1. The van der Waals surface area contributed by atoms with Crippen LogP contribution in [0.25, 0.3) is 10.9 Å². The molecule has 0 spiro atoms. The lowest BCUT2D eigenvalue weighted by atomic mass is 10.1. The Labute approximate surface area is 102 Å². The van der Waals surface area contributed by atoms with Crippen LogP contribution in [0.5, 0.6) is 0 Å². The van der Waals surface area contributed by atoms with Gasteiger partial charge in [0, 0.05) is 37.3 Å². The minimum absolute atomic E-state index is 0.751. The van der Waals surface area contributed by atoms with E-state index >= 15 is 0 Å². The highest BCUT2D eigenvalue weighted by molar-refractivity contribution is 5.83. The van der Waals surface area contributed by atoms with E-state index < -0.39 is 0 Å². The van der Waals surface area contributed by atoms with Gasteiger partial charge in [0.05, 0.1) is 6.61 Å². The lowest BCUT2D eigenvalue weighted by molar-refractivity contribution is 0.188.